The van der Waals surface area contributed by atoms with Crippen LogP contribution >= 0.6 is 11.3 Å². The fraction of sp³-hybridized carbons (Fsp3) is 0.111. The molecule has 0 amide bonds. The average molecular weight is 176 g/mol. The highest BCUT2D eigenvalue weighted by atomic mass is 32.1. The van der Waals surface area contributed by atoms with Gasteiger partial charge in [-0.15, -0.1) is 0 Å². The van der Waals surface area contributed by atoms with Crippen LogP contribution in [0.4, 0.5) is 0 Å². The van der Waals surface area contributed by atoms with Crippen molar-refractivity contribution in [2.45, 2.75) is 6.92 Å². The standard InChI is InChI=1S/C9H8N2S/c1-7-10-4-9(5-11-7)8-2-3-12-6-8/h2-6H,1H3. The Hall–Kier alpha value is -1.22. The molecule has 60 valence electrons. The summed E-state index contributed by atoms with van der Waals surface area (Å²) in [5.74, 6) is 0.814. The molecule has 0 radical (unpaired) electrons. The molecule has 0 unspecified atom stereocenters. The molecule has 0 aliphatic rings. The van der Waals surface area contributed by atoms with E-state index in [9.17, 15) is 0 Å². The van der Waals surface area contributed by atoms with Crippen molar-refractivity contribution in [1.82, 2.24) is 9.97 Å². The zero-order valence-corrected chi connectivity index (χ0v) is 7.51. The van der Waals surface area contributed by atoms with Crippen molar-refractivity contribution >= 4 is 11.3 Å². The van der Waals surface area contributed by atoms with E-state index in [0.29, 0.717) is 0 Å². The number of aromatic nitrogens is 2. The number of nitrogens with zero attached hydrogens (tertiary/aromatic N) is 2. The minimum atomic E-state index is 0.814. The molecule has 0 saturated heterocycles. The molecular formula is C9H8N2S. The Morgan fingerprint density at radius 2 is 1.92 bits per heavy atom. The molecule has 0 aliphatic carbocycles. The zero-order valence-electron chi connectivity index (χ0n) is 6.69. The molecule has 2 aromatic heterocycles. The fourth-order valence-corrected chi connectivity index (χ4v) is 1.64. The second kappa shape index (κ2) is 3.03. The van der Waals surface area contributed by atoms with Gasteiger partial charge in [-0.2, -0.15) is 11.3 Å². The predicted octanol–water partition coefficient (Wildman–Crippen LogP) is 2.51. The molecule has 0 fully saturated rings. The highest BCUT2D eigenvalue weighted by Gasteiger charge is 1.97. The number of rotatable bonds is 1. The van der Waals surface area contributed by atoms with E-state index in [1.807, 2.05) is 19.3 Å². The molecule has 2 heterocycles. The minimum Gasteiger partial charge on any atom is -0.241 e. The quantitative estimate of drug-likeness (QED) is 0.667. The highest BCUT2D eigenvalue weighted by molar-refractivity contribution is 7.08. The summed E-state index contributed by atoms with van der Waals surface area (Å²) < 4.78 is 0. The Morgan fingerprint density at radius 3 is 2.50 bits per heavy atom. The van der Waals surface area contributed by atoms with Crippen LogP contribution in [0.1, 0.15) is 5.82 Å². The number of hydrogen-bond acceptors (Lipinski definition) is 3. The molecule has 0 N–H and O–H groups in total. The molecule has 2 aromatic rings. The molecule has 12 heavy (non-hydrogen) atoms. The van der Waals surface area contributed by atoms with Gasteiger partial charge in [-0.3, -0.25) is 0 Å². The maximum atomic E-state index is 4.13. The average Bonchev–Trinajstić information content (AvgIpc) is 2.58. The summed E-state index contributed by atoms with van der Waals surface area (Å²) >= 11 is 1.68. The van der Waals surface area contributed by atoms with E-state index in [-0.39, 0.29) is 0 Å². The predicted molar refractivity (Wildman–Crippen MR) is 50.1 cm³/mol. The van der Waals surface area contributed by atoms with Gasteiger partial charge in [0.15, 0.2) is 0 Å². The van der Waals surface area contributed by atoms with Gasteiger partial charge in [0.25, 0.3) is 0 Å². The summed E-state index contributed by atoms with van der Waals surface area (Å²) in [4.78, 5) is 8.26. The van der Waals surface area contributed by atoms with Crippen molar-refractivity contribution < 1.29 is 0 Å². The lowest BCUT2D eigenvalue weighted by atomic mass is 10.2. The van der Waals surface area contributed by atoms with Gasteiger partial charge in [0.05, 0.1) is 0 Å². The lowest BCUT2D eigenvalue weighted by molar-refractivity contribution is 1.06. The molecule has 2 rings (SSSR count). The Kier molecular flexibility index (Phi) is 1.87. The minimum absolute atomic E-state index is 0.814. The van der Waals surface area contributed by atoms with E-state index >= 15 is 0 Å². The van der Waals surface area contributed by atoms with Crippen LogP contribution in [0.2, 0.25) is 0 Å². The van der Waals surface area contributed by atoms with Crippen molar-refractivity contribution in [1.29, 1.82) is 0 Å². The van der Waals surface area contributed by atoms with E-state index in [2.05, 4.69) is 26.8 Å². The summed E-state index contributed by atoms with van der Waals surface area (Å²) in [6, 6.07) is 2.07. The molecule has 0 bridgehead atoms. The lowest BCUT2D eigenvalue weighted by Crippen LogP contribution is -1.85. The van der Waals surface area contributed by atoms with Crippen LogP contribution in [0.15, 0.2) is 29.2 Å². The molecule has 0 atom stereocenters. The van der Waals surface area contributed by atoms with Crippen LogP contribution in [-0.2, 0) is 0 Å². The van der Waals surface area contributed by atoms with Crippen molar-refractivity contribution in [3.05, 3.63) is 35.0 Å². The zero-order chi connectivity index (χ0) is 8.39. The normalized spacial score (nSPS) is 10.1. The van der Waals surface area contributed by atoms with Gasteiger partial charge in [-0.05, 0) is 29.3 Å². The van der Waals surface area contributed by atoms with Crippen LogP contribution in [0.3, 0.4) is 0 Å². The third-order valence-electron chi connectivity index (χ3n) is 1.64. The number of hydrogen-bond donors (Lipinski definition) is 0. The first kappa shape index (κ1) is 7.43. The van der Waals surface area contributed by atoms with E-state index in [1.54, 1.807) is 11.3 Å². The largest absolute Gasteiger partial charge is 0.241 e. The van der Waals surface area contributed by atoms with Crippen molar-refractivity contribution in [2.75, 3.05) is 0 Å². The number of thiophene rings is 1. The summed E-state index contributed by atoms with van der Waals surface area (Å²) in [5, 5.41) is 4.14. The molecule has 3 heteroatoms. The van der Waals surface area contributed by atoms with Gasteiger partial charge in [0.2, 0.25) is 0 Å². The van der Waals surface area contributed by atoms with Crippen LogP contribution in [0, 0.1) is 6.92 Å². The van der Waals surface area contributed by atoms with Gasteiger partial charge in [0, 0.05) is 18.0 Å². The van der Waals surface area contributed by atoms with E-state index in [4.69, 9.17) is 0 Å². The molecular weight excluding hydrogens is 168 g/mol. The Labute approximate surface area is 74.9 Å². The maximum Gasteiger partial charge on any atom is 0.125 e. The molecule has 0 aromatic carbocycles. The monoisotopic (exact) mass is 176 g/mol. The summed E-state index contributed by atoms with van der Waals surface area (Å²) in [5.41, 5.74) is 2.28. The third kappa shape index (κ3) is 1.36. The van der Waals surface area contributed by atoms with E-state index in [1.165, 1.54) is 5.56 Å². The molecule has 0 aliphatic heterocycles. The SMILES string of the molecule is Cc1ncc(-c2ccsc2)cn1. The second-order valence-corrected chi connectivity index (χ2v) is 3.31. The highest BCUT2D eigenvalue weighted by Crippen LogP contribution is 2.19. The van der Waals surface area contributed by atoms with Crippen LogP contribution in [0.25, 0.3) is 11.1 Å². The summed E-state index contributed by atoms with van der Waals surface area (Å²) in [6.07, 6.45) is 3.70. The first-order valence-electron chi connectivity index (χ1n) is 3.67. The van der Waals surface area contributed by atoms with E-state index in [0.717, 1.165) is 11.4 Å². The lowest BCUT2D eigenvalue weighted by Gasteiger charge is -1.95. The topological polar surface area (TPSA) is 25.8 Å². The Bertz CT molecular complexity index is 351. The Morgan fingerprint density at radius 1 is 1.17 bits per heavy atom. The molecule has 0 spiro atoms. The van der Waals surface area contributed by atoms with Crippen LogP contribution in [0.5, 0.6) is 0 Å². The maximum absolute atomic E-state index is 4.13. The van der Waals surface area contributed by atoms with Gasteiger partial charge in [-0.25, -0.2) is 9.97 Å². The van der Waals surface area contributed by atoms with Crippen molar-refractivity contribution in [2.24, 2.45) is 0 Å². The summed E-state index contributed by atoms with van der Waals surface area (Å²) in [7, 11) is 0. The van der Waals surface area contributed by atoms with Crippen molar-refractivity contribution in [3.8, 4) is 11.1 Å². The van der Waals surface area contributed by atoms with Crippen LogP contribution in [-0.4, -0.2) is 9.97 Å². The van der Waals surface area contributed by atoms with Crippen molar-refractivity contribution in [3.63, 3.8) is 0 Å². The smallest absolute Gasteiger partial charge is 0.125 e. The number of aryl methyl sites for hydroxylation is 1. The molecule has 2 nitrogen and oxygen atoms in total. The second-order valence-electron chi connectivity index (χ2n) is 2.53. The third-order valence-corrected chi connectivity index (χ3v) is 2.32. The Balaban J connectivity index is 2.43. The first-order chi connectivity index (χ1) is 5.86. The molecule has 0 saturated carbocycles. The van der Waals surface area contributed by atoms with Gasteiger partial charge in [-0.1, -0.05) is 0 Å². The summed E-state index contributed by atoms with van der Waals surface area (Å²) in [6.45, 7) is 1.89. The first-order valence-corrected chi connectivity index (χ1v) is 4.62. The van der Waals surface area contributed by atoms with Crippen LogP contribution < -0.4 is 0 Å². The van der Waals surface area contributed by atoms with Gasteiger partial charge in [0.1, 0.15) is 5.82 Å². The van der Waals surface area contributed by atoms with Gasteiger partial charge >= 0.3 is 0 Å². The fourth-order valence-electron chi connectivity index (χ4n) is 0.970. The van der Waals surface area contributed by atoms with Gasteiger partial charge < -0.3 is 0 Å². The van der Waals surface area contributed by atoms with E-state index < -0.39 is 0 Å².